The molecule has 2 aromatic heterocycles. The van der Waals surface area contributed by atoms with Gasteiger partial charge in [-0.2, -0.15) is 10.4 Å². The SMILES string of the molecule is N#Cc1c(-c2ccccc2)nc2n[nH]c(C3CC3)c2c1-c1ccccc1. The first-order valence-electron chi connectivity index (χ1n) is 8.79. The minimum Gasteiger partial charge on any atom is -0.279 e. The second kappa shape index (κ2) is 5.82. The largest absolute Gasteiger partial charge is 0.279 e. The summed E-state index contributed by atoms with van der Waals surface area (Å²) in [5.41, 5.74) is 5.99. The number of hydrogen-bond acceptors (Lipinski definition) is 3. The van der Waals surface area contributed by atoms with Crippen molar-refractivity contribution >= 4 is 11.0 Å². The highest BCUT2D eigenvalue weighted by Crippen LogP contribution is 2.46. The number of rotatable bonds is 3. The van der Waals surface area contributed by atoms with Gasteiger partial charge in [-0.25, -0.2) is 4.98 Å². The van der Waals surface area contributed by atoms with Crippen LogP contribution in [0.2, 0.25) is 0 Å². The highest BCUT2D eigenvalue weighted by molar-refractivity contribution is 6.01. The number of benzene rings is 2. The molecular formula is C22H16N4. The Morgan fingerprint density at radius 3 is 2.19 bits per heavy atom. The van der Waals surface area contributed by atoms with Gasteiger partial charge < -0.3 is 0 Å². The lowest BCUT2D eigenvalue weighted by Gasteiger charge is -2.12. The van der Waals surface area contributed by atoms with E-state index in [2.05, 4.69) is 16.3 Å². The number of nitrogens with one attached hydrogen (secondary N) is 1. The number of H-pyrrole nitrogens is 1. The molecule has 4 nitrogen and oxygen atoms in total. The van der Waals surface area contributed by atoms with Crippen molar-refractivity contribution < 1.29 is 0 Å². The van der Waals surface area contributed by atoms with Crippen LogP contribution < -0.4 is 0 Å². The molecule has 0 amide bonds. The Bertz CT molecular complexity index is 1130. The lowest BCUT2D eigenvalue weighted by atomic mass is 9.92. The zero-order chi connectivity index (χ0) is 17.5. The van der Waals surface area contributed by atoms with Crippen molar-refractivity contribution in [3.63, 3.8) is 0 Å². The number of hydrogen-bond donors (Lipinski definition) is 1. The van der Waals surface area contributed by atoms with E-state index in [1.54, 1.807) is 0 Å². The van der Waals surface area contributed by atoms with Crippen LogP contribution >= 0.6 is 0 Å². The third-order valence-corrected chi connectivity index (χ3v) is 4.94. The standard InChI is InChI=1S/C22H16N4/c23-13-17-18(14-7-3-1-4-8-14)19-21(16-11-12-16)25-26-22(19)24-20(17)15-9-5-2-6-10-15/h1-10,16H,11-12H2,(H,24,25,26). The van der Waals surface area contributed by atoms with Gasteiger partial charge in [-0.05, 0) is 18.4 Å². The molecule has 4 aromatic rings. The highest BCUT2D eigenvalue weighted by atomic mass is 15.2. The topological polar surface area (TPSA) is 65.4 Å². The third-order valence-electron chi connectivity index (χ3n) is 4.94. The predicted molar refractivity (Wildman–Crippen MR) is 101 cm³/mol. The normalized spacial score (nSPS) is 13.7. The van der Waals surface area contributed by atoms with E-state index in [1.165, 1.54) is 0 Å². The Balaban J connectivity index is 1.91. The first-order chi connectivity index (χ1) is 12.9. The lowest BCUT2D eigenvalue weighted by molar-refractivity contribution is 0.974. The summed E-state index contributed by atoms with van der Waals surface area (Å²) in [6, 6.07) is 22.4. The van der Waals surface area contributed by atoms with Crippen LogP contribution in [-0.2, 0) is 0 Å². The van der Waals surface area contributed by atoms with Crippen LogP contribution in [0.3, 0.4) is 0 Å². The molecular weight excluding hydrogens is 320 g/mol. The monoisotopic (exact) mass is 336 g/mol. The summed E-state index contributed by atoms with van der Waals surface area (Å²) < 4.78 is 0. The molecule has 0 saturated heterocycles. The molecule has 0 unspecified atom stereocenters. The maximum Gasteiger partial charge on any atom is 0.182 e. The fourth-order valence-electron chi connectivity index (χ4n) is 3.55. The van der Waals surface area contributed by atoms with Gasteiger partial charge in [0.2, 0.25) is 0 Å². The molecule has 1 N–H and O–H groups in total. The van der Waals surface area contributed by atoms with Gasteiger partial charge in [0.05, 0.1) is 16.6 Å². The molecule has 2 heterocycles. The minimum absolute atomic E-state index is 0.499. The van der Waals surface area contributed by atoms with Crippen LogP contribution in [-0.4, -0.2) is 15.2 Å². The van der Waals surface area contributed by atoms with E-state index < -0.39 is 0 Å². The number of nitrogens with zero attached hydrogens (tertiary/aromatic N) is 3. The summed E-state index contributed by atoms with van der Waals surface area (Å²) in [6.07, 6.45) is 2.32. The average Bonchev–Trinajstić information content (AvgIpc) is 3.47. The van der Waals surface area contributed by atoms with E-state index in [-0.39, 0.29) is 0 Å². The molecule has 0 radical (unpaired) electrons. The average molecular weight is 336 g/mol. The fraction of sp³-hybridized carbons (Fsp3) is 0.136. The first kappa shape index (κ1) is 14.9. The van der Waals surface area contributed by atoms with Crippen molar-refractivity contribution in [3.05, 3.63) is 71.9 Å². The summed E-state index contributed by atoms with van der Waals surface area (Å²) in [5, 5.41) is 18.7. The van der Waals surface area contributed by atoms with Gasteiger partial charge in [-0.1, -0.05) is 60.7 Å². The van der Waals surface area contributed by atoms with Crippen molar-refractivity contribution in [1.29, 1.82) is 5.26 Å². The van der Waals surface area contributed by atoms with Gasteiger partial charge in [0.15, 0.2) is 5.65 Å². The van der Waals surface area contributed by atoms with Gasteiger partial charge in [0, 0.05) is 22.7 Å². The molecule has 26 heavy (non-hydrogen) atoms. The molecule has 1 fully saturated rings. The number of fused-ring (bicyclic) bond motifs is 1. The van der Waals surface area contributed by atoms with Crippen molar-refractivity contribution in [2.24, 2.45) is 0 Å². The maximum atomic E-state index is 10.0. The van der Waals surface area contributed by atoms with E-state index in [0.717, 1.165) is 40.6 Å². The van der Waals surface area contributed by atoms with Crippen LogP contribution in [0.25, 0.3) is 33.4 Å². The van der Waals surface area contributed by atoms with Crippen LogP contribution in [0.4, 0.5) is 0 Å². The van der Waals surface area contributed by atoms with Gasteiger partial charge in [0.25, 0.3) is 0 Å². The van der Waals surface area contributed by atoms with Crippen molar-refractivity contribution in [3.8, 4) is 28.5 Å². The lowest BCUT2D eigenvalue weighted by Crippen LogP contribution is -1.96. The summed E-state index contributed by atoms with van der Waals surface area (Å²) >= 11 is 0. The second-order valence-electron chi connectivity index (χ2n) is 6.66. The van der Waals surface area contributed by atoms with E-state index >= 15 is 0 Å². The molecule has 4 heteroatoms. The highest BCUT2D eigenvalue weighted by Gasteiger charge is 2.31. The number of aromatic nitrogens is 3. The Hall–Kier alpha value is -3.45. The molecule has 1 aliphatic rings. The Morgan fingerprint density at radius 2 is 1.58 bits per heavy atom. The maximum absolute atomic E-state index is 10.0. The minimum atomic E-state index is 0.499. The molecule has 2 aromatic carbocycles. The summed E-state index contributed by atoms with van der Waals surface area (Å²) in [5.74, 6) is 0.499. The summed E-state index contributed by atoms with van der Waals surface area (Å²) in [6.45, 7) is 0. The van der Waals surface area contributed by atoms with Gasteiger partial charge in [-0.3, -0.25) is 5.10 Å². The first-order valence-corrected chi connectivity index (χ1v) is 8.79. The van der Waals surface area contributed by atoms with Gasteiger partial charge in [0.1, 0.15) is 6.07 Å². The third kappa shape index (κ3) is 2.29. The molecule has 0 aliphatic heterocycles. The fourth-order valence-corrected chi connectivity index (χ4v) is 3.55. The predicted octanol–water partition coefficient (Wildman–Crippen LogP) is 5.04. The van der Waals surface area contributed by atoms with E-state index in [0.29, 0.717) is 22.8 Å². The molecule has 0 atom stereocenters. The number of pyridine rings is 1. The zero-order valence-electron chi connectivity index (χ0n) is 14.1. The van der Waals surface area contributed by atoms with Crippen molar-refractivity contribution in [2.75, 3.05) is 0 Å². The van der Waals surface area contributed by atoms with Crippen molar-refractivity contribution in [2.45, 2.75) is 18.8 Å². The smallest absolute Gasteiger partial charge is 0.182 e. The van der Waals surface area contributed by atoms with Gasteiger partial charge in [-0.15, -0.1) is 0 Å². The van der Waals surface area contributed by atoms with Gasteiger partial charge >= 0.3 is 0 Å². The Morgan fingerprint density at radius 1 is 0.923 bits per heavy atom. The van der Waals surface area contributed by atoms with E-state index in [9.17, 15) is 5.26 Å². The molecule has 124 valence electrons. The molecule has 1 aliphatic carbocycles. The quantitative estimate of drug-likeness (QED) is 0.570. The Labute approximate surface area is 151 Å². The van der Waals surface area contributed by atoms with E-state index in [4.69, 9.17) is 4.98 Å². The zero-order valence-corrected chi connectivity index (χ0v) is 14.1. The molecule has 5 rings (SSSR count). The van der Waals surface area contributed by atoms with E-state index in [1.807, 2.05) is 60.7 Å². The summed E-state index contributed by atoms with van der Waals surface area (Å²) in [7, 11) is 0. The second-order valence-corrected chi connectivity index (χ2v) is 6.66. The molecule has 0 bridgehead atoms. The molecule has 1 saturated carbocycles. The number of aromatic amines is 1. The van der Waals surface area contributed by atoms with Crippen molar-refractivity contribution in [1.82, 2.24) is 15.2 Å². The summed E-state index contributed by atoms with van der Waals surface area (Å²) in [4.78, 5) is 4.77. The van der Waals surface area contributed by atoms with Crippen LogP contribution in [0.5, 0.6) is 0 Å². The van der Waals surface area contributed by atoms with Crippen LogP contribution in [0.15, 0.2) is 60.7 Å². The Kier molecular flexibility index (Phi) is 3.32. The molecule has 0 spiro atoms. The van der Waals surface area contributed by atoms with Crippen LogP contribution in [0.1, 0.15) is 30.0 Å². The van der Waals surface area contributed by atoms with Crippen LogP contribution in [0, 0.1) is 11.3 Å². The number of nitriles is 1.